The van der Waals surface area contributed by atoms with Crippen molar-refractivity contribution in [2.45, 2.75) is 31.8 Å². The number of anilines is 2. The summed E-state index contributed by atoms with van der Waals surface area (Å²) in [4.78, 5) is 10.5. The quantitative estimate of drug-likeness (QED) is 0.632. The maximum absolute atomic E-state index is 9.65. The molecule has 0 spiro atoms. The van der Waals surface area contributed by atoms with Crippen LogP contribution in [0.5, 0.6) is 0 Å². The van der Waals surface area contributed by atoms with Crippen molar-refractivity contribution in [1.29, 1.82) is 0 Å². The summed E-state index contributed by atoms with van der Waals surface area (Å²) in [6.07, 6.45) is 3.50. The van der Waals surface area contributed by atoms with Gasteiger partial charge in [-0.3, -0.25) is 5.10 Å². The van der Waals surface area contributed by atoms with Crippen LogP contribution in [0.25, 0.3) is 10.7 Å². The number of rotatable bonds is 5. The minimum absolute atomic E-state index is 0.432. The lowest BCUT2D eigenvalue weighted by atomic mass is 10.3. The molecule has 0 amide bonds. The van der Waals surface area contributed by atoms with E-state index in [0.29, 0.717) is 28.4 Å². The lowest BCUT2D eigenvalue weighted by Crippen LogP contribution is -1.98. The minimum Gasteiger partial charge on any atom is -0.388 e. The Bertz CT molecular complexity index is 871. The molecule has 3 aromatic heterocycles. The molecule has 0 bridgehead atoms. The fraction of sp³-hybridized carbons (Fsp3) is 0.312. The normalized spacial score (nSPS) is 15.5. The Morgan fingerprint density at radius 3 is 2.96 bits per heavy atom. The summed E-state index contributed by atoms with van der Waals surface area (Å²) in [5.41, 5.74) is 1.14. The van der Waals surface area contributed by atoms with E-state index >= 15 is 0 Å². The Balaban J connectivity index is 1.60. The van der Waals surface area contributed by atoms with Crippen LogP contribution in [0.3, 0.4) is 0 Å². The van der Waals surface area contributed by atoms with Crippen LogP contribution in [0.2, 0.25) is 5.02 Å². The van der Waals surface area contributed by atoms with E-state index < -0.39 is 6.10 Å². The highest BCUT2D eigenvalue weighted by molar-refractivity contribution is 7.15. The number of aromatic nitrogens is 4. The van der Waals surface area contributed by atoms with Crippen LogP contribution in [-0.4, -0.2) is 25.3 Å². The maximum Gasteiger partial charge on any atom is 0.171 e. The molecule has 1 aliphatic rings. The molecule has 1 aliphatic carbocycles. The monoisotopic (exact) mass is 361 g/mol. The van der Waals surface area contributed by atoms with E-state index in [4.69, 9.17) is 11.6 Å². The highest BCUT2D eigenvalue weighted by Crippen LogP contribution is 2.40. The number of H-pyrrole nitrogens is 1. The van der Waals surface area contributed by atoms with Crippen LogP contribution in [0.15, 0.2) is 24.4 Å². The largest absolute Gasteiger partial charge is 0.388 e. The highest BCUT2D eigenvalue weighted by Gasteiger charge is 2.25. The molecule has 1 fully saturated rings. The standard InChI is InChI=1S/C16H16ClN5OS/c1-8(23)12-4-5-13(24-12)16-18-7-10(17)15(20-16)19-14-6-11(21-22-14)9-2-3-9/h4-9,23H,2-3H2,1H3,(H2,18,19,20,21,22)/t8-/m0/s1. The second kappa shape index (κ2) is 6.16. The number of hydrogen-bond donors (Lipinski definition) is 3. The minimum atomic E-state index is -0.501. The third-order valence-electron chi connectivity index (χ3n) is 3.86. The molecule has 4 rings (SSSR count). The van der Waals surface area contributed by atoms with Gasteiger partial charge in [0.2, 0.25) is 0 Å². The lowest BCUT2D eigenvalue weighted by Gasteiger charge is -2.05. The zero-order chi connectivity index (χ0) is 16.7. The third kappa shape index (κ3) is 3.15. The molecule has 1 atom stereocenters. The van der Waals surface area contributed by atoms with Crippen LogP contribution in [0.4, 0.5) is 11.6 Å². The van der Waals surface area contributed by atoms with Crippen LogP contribution in [0, 0.1) is 0 Å². The number of halogens is 1. The van der Waals surface area contributed by atoms with Crippen LogP contribution < -0.4 is 5.32 Å². The molecule has 3 aromatic rings. The molecule has 0 aromatic carbocycles. The van der Waals surface area contributed by atoms with Crippen molar-refractivity contribution < 1.29 is 5.11 Å². The molecule has 0 aliphatic heterocycles. The van der Waals surface area contributed by atoms with Gasteiger partial charge in [-0.25, -0.2) is 9.97 Å². The summed E-state index contributed by atoms with van der Waals surface area (Å²) in [5, 5.41) is 20.5. The van der Waals surface area contributed by atoms with Gasteiger partial charge in [0.05, 0.1) is 17.2 Å². The van der Waals surface area contributed by atoms with Crippen molar-refractivity contribution >= 4 is 34.6 Å². The van der Waals surface area contributed by atoms with E-state index in [0.717, 1.165) is 15.4 Å². The Labute approximate surface area is 147 Å². The predicted molar refractivity (Wildman–Crippen MR) is 94.8 cm³/mol. The summed E-state index contributed by atoms with van der Waals surface area (Å²) in [7, 11) is 0. The Kier molecular flexibility index (Phi) is 3.99. The van der Waals surface area contributed by atoms with Crippen LogP contribution >= 0.6 is 22.9 Å². The maximum atomic E-state index is 9.65. The molecule has 3 heterocycles. The Morgan fingerprint density at radius 1 is 1.42 bits per heavy atom. The summed E-state index contributed by atoms with van der Waals surface area (Å²) in [5.74, 6) is 2.38. The Morgan fingerprint density at radius 2 is 2.25 bits per heavy atom. The van der Waals surface area contributed by atoms with Gasteiger partial charge < -0.3 is 10.4 Å². The number of aliphatic hydroxyl groups excluding tert-OH is 1. The van der Waals surface area contributed by atoms with Crippen molar-refractivity contribution in [3.05, 3.63) is 40.0 Å². The lowest BCUT2D eigenvalue weighted by molar-refractivity contribution is 0.203. The highest BCUT2D eigenvalue weighted by atomic mass is 35.5. The van der Waals surface area contributed by atoms with Crippen molar-refractivity contribution in [2.24, 2.45) is 0 Å². The van der Waals surface area contributed by atoms with E-state index in [2.05, 4.69) is 25.5 Å². The average Bonchev–Trinajstić information content (AvgIpc) is 3.10. The van der Waals surface area contributed by atoms with Gasteiger partial charge in [-0.05, 0) is 31.9 Å². The van der Waals surface area contributed by atoms with E-state index in [1.807, 2.05) is 18.2 Å². The molecule has 3 N–H and O–H groups in total. The number of nitrogens with one attached hydrogen (secondary N) is 2. The van der Waals surface area contributed by atoms with Gasteiger partial charge in [-0.15, -0.1) is 11.3 Å². The molecule has 124 valence electrons. The predicted octanol–water partition coefficient (Wildman–Crippen LogP) is 4.26. The number of aliphatic hydroxyl groups is 1. The molecular weight excluding hydrogens is 346 g/mol. The van der Waals surface area contributed by atoms with Gasteiger partial charge >= 0.3 is 0 Å². The second-order valence-electron chi connectivity index (χ2n) is 5.88. The summed E-state index contributed by atoms with van der Waals surface area (Å²) in [6, 6.07) is 5.78. The molecule has 0 radical (unpaired) electrons. The van der Waals surface area contributed by atoms with Crippen LogP contribution in [0.1, 0.15) is 42.4 Å². The topological polar surface area (TPSA) is 86.7 Å². The molecule has 6 nitrogen and oxygen atoms in total. The number of thiophene rings is 1. The molecule has 8 heteroatoms. The van der Waals surface area contributed by atoms with Crippen molar-refractivity contribution in [2.75, 3.05) is 5.32 Å². The molecule has 24 heavy (non-hydrogen) atoms. The molecule has 0 saturated heterocycles. The SMILES string of the molecule is C[C@H](O)c1ccc(-c2ncc(Cl)c(Nc3cc(C4CC4)[nH]n3)n2)s1. The zero-order valence-corrected chi connectivity index (χ0v) is 14.5. The number of nitrogens with zero attached hydrogens (tertiary/aromatic N) is 3. The fourth-order valence-corrected chi connectivity index (χ4v) is 3.42. The van der Waals surface area contributed by atoms with Gasteiger partial charge in [-0.1, -0.05) is 11.6 Å². The summed E-state index contributed by atoms with van der Waals surface area (Å²) in [6.45, 7) is 1.74. The molecule has 1 saturated carbocycles. The fourth-order valence-electron chi connectivity index (χ4n) is 2.40. The Hall–Kier alpha value is -1.96. The van der Waals surface area contributed by atoms with E-state index in [1.54, 1.807) is 13.1 Å². The van der Waals surface area contributed by atoms with Crippen molar-refractivity contribution in [1.82, 2.24) is 20.2 Å². The van der Waals surface area contributed by atoms with E-state index in [9.17, 15) is 5.11 Å². The first-order valence-electron chi connectivity index (χ1n) is 7.73. The number of hydrogen-bond acceptors (Lipinski definition) is 6. The van der Waals surface area contributed by atoms with E-state index in [1.165, 1.54) is 24.2 Å². The molecular formula is C16H16ClN5OS. The average molecular weight is 362 g/mol. The van der Waals surface area contributed by atoms with Gasteiger partial charge in [0.25, 0.3) is 0 Å². The summed E-state index contributed by atoms with van der Waals surface area (Å²) >= 11 is 7.67. The smallest absolute Gasteiger partial charge is 0.171 e. The van der Waals surface area contributed by atoms with Crippen molar-refractivity contribution in [3.8, 4) is 10.7 Å². The summed E-state index contributed by atoms with van der Waals surface area (Å²) < 4.78 is 0. The first-order chi connectivity index (χ1) is 11.6. The van der Waals surface area contributed by atoms with Gasteiger partial charge in [0.1, 0.15) is 5.02 Å². The van der Waals surface area contributed by atoms with E-state index in [-0.39, 0.29) is 0 Å². The third-order valence-corrected chi connectivity index (χ3v) is 5.39. The first-order valence-corrected chi connectivity index (χ1v) is 8.92. The van der Waals surface area contributed by atoms with Gasteiger partial charge in [0.15, 0.2) is 17.5 Å². The van der Waals surface area contributed by atoms with Crippen LogP contribution in [-0.2, 0) is 0 Å². The number of aromatic amines is 1. The molecule has 0 unspecified atom stereocenters. The van der Waals surface area contributed by atoms with Gasteiger partial charge in [-0.2, -0.15) is 5.10 Å². The zero-order valence-electron chi connectivity index (χ0n) is 13.0. The van der Waals surface area contributed by atoms with Crippen molar-refractivity contribution in [3.63, 3.8) is 0 Å². The van der Waals surface area contributed by atoms with Gasteiger partial charge in [0, 0.05) is 22.6 Å². The first kappa shape index (κ1) is 15.6. The second-order valence-corrected chi connectivity index (χ2v) is 7.40.